The topological polar surface area (TPSA) is 55.8 Å². The maximum atomic E-state index is 12.6. The minimum absolute atomic E-state index is 0.218. The Morgan fingerprint density at radius 1 is 0.897 bits per heavy atom. The van der Waals surface area contributed by atoms with Crippen LogP contribution in [-0.4, -0.2) is 17.4 Å². The fourth-order valence-corrected chi connectivity index (χ4v) is 2.81. The van der Waals surface area contributed by atoms with Crippen LogP contribution in [0.4, 0.5) is 13.2 Å². The zero-order chi connectivity index (χ0) is 20.9. The van der Waals surface area contributed by atoms with Crippen molar-refractivity contribution in [2.24, 2.45) is 0 Å². The molecule has 150 valence electrons. The third-order valence-corrected chi connectivity index (χ3v) is 4.02. The van der Waals surface area contributed by atoms with Crippen LogP contribution in [0.15, 0.2) is 72.8 Å². The predicted molar refractivity (Wildman–Crippen MR) is 101 cm³/mol. The number of aliphatic carboxylic acids is 1. The molecule has 29 heavy (non-hydrogen) atoms. The second kappa shape index (κ2) is 8.68. The Balaban J connectivity index is 1.95. The van der Waals surface area contributed by atoms with Crippen molar-refractivity contribution in [1.29, 1.82) is 0 Å². The molecule has 3 aromatic carbocycles. The molecule has 0 spiro atoms. The van der Waals surface area contributed by atoms with Gasteiger partial charge in [0.25, 0.3) is 0 Å². The quantitative estimate of drug-likeness (QED) is 0.570. The summed E-state index contributed by atoms with van der Waals surface area (Å²) in [6.45, 7) is 0.255. The number of hydrogen-bond acceptors (Lipinski definition) is 3. The largest absolute Gasteiger partial charge is 0.573 e. The van der Waals surface area contributed by atoms with Gasteiger partial charge in [0, 0.05) is 5.56 Å². The summed E-state index contributed by atoms with van der Waals surface area (Å²) in [5.74, 6) is -0.956. The smallest absolute Gasteiger partial charge is 0.488 e. The molecule has 0 unspecified atom stereocenters. The molecule has 0 radical (unpaired) electrons. The van der Waals surface area contributed by atoms with E-state index in [1.165, 1.54) is 18.2 Å². The second-order valence-corrected chi connectivity index (χ2v) is 6.25. The van der Waals surface area contributed by atoms with Gasteiger partial charge < -0.3 is 14.6 Å². The van der Waals surface area contributed by atoms with Gasteiger partial charge in [-0.2, -0.15) is 0 Å². The van der Waals surface area contributed by atoms with E-state index in [2.05, 4.69) is 4.74 Å². The predicted octanol–water partition coefficient (Wildman–Crippen LogP) is 5.46. The van der Waals surface area contributed by atoms with Crippen molar-refractivity contribution >= 4 is 5.97 Å². The van der Waals surface area contributed by atoms with Crippen molar-refractivity contribution in [2.75, 3.05) is 0 Å². The lowest BCUT2D eigenvalue weighted by Gasteiger charge is -2.15. The van der Waals surface area contributed by atoms with Crippen molar-refractivity contribution in [3.63, 3.8) is 0 Å². The summed E-state index contributed by atoms with van der Waals surface area (Å²) < 4.78 is 47.5. The molecule has 0 atom stereocenters. The number of carbonyl (C=O) groups is 1. The number of carboxylic acids is 1. The molecule has 0 aliphatic rings. The minimum Gasteiger partial charge on any atom is -0.488 e. The van der Waals surface area contributed by atoms with Crippen molar-refractivity contribution in [1.82, 2.24) is 0 Å². The third-order valence-electron chi connectivity index (χ3n) is 4.02. The Bertz CT molecular complexity index is 985. The number of hydrogen-bond donors (Lipinski definition) is 1. The van der Waals surface area contributed by atoms with Crippen molar-refractivity contribution in [3.8, 4) is 22.6 Å². The van der Waals surface area contributed by atoms with Crippen LogP contribution in [0, 0.1) is 0 Å². The molecule has 0 amide bonds. The van der Waals surface area contributed by atoms with Gasteiger partial charge in [-0.15, -0.1) is 13.2 Å². The molecule has 7 heteroatoms. The first-order valence-corrected chi connectivity index (χ1v) is 8.68. The van der Waals surface area contributed by atoms with Gasteiger partial charge in [-0.3, -0.25) is 4.79 Å². The average molecular weight is 402 g/mol. The van der Waals surface area contributed by atoms with Gasteiger partial charge in [-0.05, 0) is 41.0 Å². The van der Waals surface area contributed by atoms with E-state index in [0.717, 1.165) is 5.56 Å². The zero-order valence-corrected chi connectivity index (χ0v) is 15.1. The van der Waals surface area contributed by atoms with Gasteiger partial charge in [-0.1, -0.05) is 48.5 Å². The molecule has 0 aliphatic carbocycles. The molecule has 4 nitrogen and oxygen atoms in total. The molecule has 0 bridgehead atoms. The Morgan fingerprint density at radius 2 is 1.66 bits per heavy atom. The second-order valence-electron chi connectivity index (χ2n) is 6.25. The molecular formula is C22H17F3O4. The molecule has 0 aliphatic heterocycles. The zero-order valence-electron chi connectivity index (χ0n) is 15.1. The van der Waals surface area contributed by atoms with Gasteiger partial charge in [-0.25, -0.2) is 0 Å². The number of rotatable bonds is 7. The molecule has 0 saturated carbocycles. The lowest BCUT2D eigenvalue weighted by Crippen LogP contribution is -2.17. The van der Waals surface area contributed by atoms with Crippen molar-refractivity contribution in [2.45, 2.75) is 19.4 Å². The molecule has 0 aromatic heterocycles. The Labute approximate surface area is 165 Å². The standard InChI is InChI=1S/C22H17F3O4/c23-22(24,25)29-18-8-4-7-17(13-18)19-11-16(12-21(26)27)9-10-20(19)28-14-15-5-2-1-3-6-15/h1-11,13H,12,14H2,(H,26,27). The number of carboxylic acid groups (broad SMARTS) is 1. The van der Waals surface area contributed by atoms with E-state index in [-0.39, 0.29) is 18.8 Å². The highest BCUT2D eigenvalue weighted by Crippen LogP contribution is 2.35. The van der Waals surface area contributed by atoms with E-state index in [1.807, 2.05) is 30.3 Å². The van der Waals surface area contributed by atoms with Gasteiger partial charge in [0.1, 0.15) is 18.1 Å². The van der Waals surface area contributed by atoms with Crippen LogP contribution in [0.2, 0.25) is 0 Å². The highest BCUT2D eigenvalue weighted by molar-refractivity contribution is 5.75. The molecule has 0 fully saturated rings. The molecular weight excluding hydrogens is 385 g/mol. The van der Waals surface area contributed by atoms with Crippen LogP contribution >= 0.6 is 0 Å². The molecule has 3 rings (SSSR count). The Kier molecular flexibility index (Phi) is 6.07. The lowest BCUT2D eigenvalue weighted by molar-refractivity contribution is -0.274. The summed E-state index contributed by atoms with van der Waals surface area (Å²) in [6.07, 6.45) is -5.03. The van der Waals surface area contributed by atoms with Crippen LogP contribution in [0.3, 0.4) is 0 Å². The number of ether oxygens (including phenoxy) is 2. The first-order chi connectivity index (χ1) is 13.8. The molecule has 1 N–H and O–H groups in total. The number of halogens is 3. The summed E-state index contributed by atoms with van der Waals surface area (Å²) in [6, 6.07) is 19.7. The third kappa shape index (κ3) is 6.00. The highest BCUT2D eigenvalue weighted by atomic mass is 19.4. The van der Waals surface area contributed by atoms with Gasteiger partial charge in [0.05, 0.1) is 6.42 Å². The Hall–Kier alpha value is -3.48. The van der Waals surface area contributed by atoms with Gasteiger partial charge in [0.15, 0.2) is 0 Å². The molecule has 0 saturated heterocycles. The molecule has 3 aromatic rings. The van der Waals surface area contributed by atoms with E-state index in [1.54, 1.807) is 24.3 Å². The fraction of sp³-hybridized carbons (Fsp3) is 0.136. The summed E-state index contributed by atoms with van der Waals surface area (Å²) >= 11 is 0. The van der Waals surface area contributed by atoms with E-state index in [4.69, 9.17) is 9.84 Å². The minimum atomic E-state index is -4.81. The van der Waals surface area contributed by atoms with Crippen molar-refractivity contribution in [3.05, 3.63) is 83.9 Å². The Morgan fingerprint density at radius 3 is 2.34 bits per heavy atom. The summed E-state index contributed by atoms with van der Waals surface area (Å²) in [4.78, 5) is 11.0. The first-order valence-electron chi connectivity index (χ1n) is 8.68. The number of alkyl halides is 3. The van der Waals surface area contributed by atoms with E-state index in [9.17, 15) is 18.0 Å². The number of benzene rings is 3. The maximum absolute atomic E-state index is 12.6. The van der Waals surface area contributed by atoms with E-state index in [0.29, 0.717) is 22.4 Å². The van der Waals surface area contributed by atoms with Crippen LogP contribution in [-0.2, 0) is 17.8 Å². The summed E-state index contributed by atoms with van der Waals surface area (Å²) in [7, 11) is 0. The highest BCUT2D eigenvalue weighted by Gasteiger charge is 2.31. The van der Waals surface area contributed by atoms with Crippen molar-refractivity contribution < 1.29 is 32.5 Å². The van der Waals surface area contributed by atoms with Crippen LogP contribution in [0.1, 0.15) is 11.1 Å². The first kappa shape index (κ1) is 20.3. The molecule has 0 heterocycles. The monoisotopic (exact) mass is 402 g/mol. The normalized spacial score (nSPS) is 11.1. The maximum Gasteiger partial charge on any atom is 0.573 e. The SMILES string of the molecule is O=C(O)Cc1ccc(OCc2ccccc2)c(-c2cccc(OC(F)(F)F)c2)c1. The average Bonchev–Trinajstić information content (AvgIpc) is 2.66. The summed E-state index contributed by atoms with van der Waals surface area (Å²) in [5, 5.41) is 9.05. The van der Waals surface area contributed by atoms with Crippen LogP contribution in [0.25, 0.3) is 11.1 Å². The van der Waals surface area contributed by atoms with Gasteiger partial charge in [0.2, 0.25) is 0 Å². The van der Waals surface area contributed by atoms with Gasteiger partial charge >= 0.3 is 12.3 Å². The van der Waals surface area contributed by atoms with Crippen LogP contribution < -0.4 is 9.47 Å². The van der Waals surface area contributed by atoms with E-state index >= 15 is 0 Å². The van der Waals surface area contributed by atoms with E-state index < -0.39 is 12.3 Å². The lowest BCUT2D eigenvalue weighted by atomic mass is 10.00. The van der Waals surface area contributed by atoms with Crippen LogP contribution in [0.5, 0.6) is 11.5 Å². The summed E-state index contributed by atoms with van der Waals surface area (Å²) in [5.41, 5.74) is 2.32. The fourth-order valence-electron chi connectivity index (χ4n) is 2.81.